The van der Waals surface area contributed by atoms with Gasteiger partial charge in [0.1, 0.15) is 5.75 Å². The van der Waals surface area contributed by atoms with Crippen molar-refractivity contribution in [1.29, 1.82) is 0 Å². The summed E-state index contributed by atoms with van der Waals surface area (Å²) in [5.41, 5.74) is 4.12. The molecule has 0 heterocycles. The predicted octanol–water partition coefficient (Wildman–Crippen LogP) is 4.68. The summed E-state index contributed by atoms with van der Waals surface area (Å²) in [6, 6.07) is 25.5. The standard InChI is InChI=1S/C21H19NO2/c1-16-6-5-9-20(14-16)24-15-21(23)22-19-12-10-18(11-13-19)17-7-3-2-4-8-17/h2-14H,15H2,1H3,(H,22,23). The number of benzene rings is 3. The number of carbonyl (C=O) groups excluding carboxylic acids is 1. The van der Waals surface area contributed by atoms with Crippen LogP contribution in [0.25, 0.3) is 11.1 Å². The van der Waals surface area contributed by atoms with Crippen LogP contribution < -0.4 is 10.1 Å². The molecule has 3 aromatic rings. The van der Waals surface area contributed by atoms with Crippen LogP contribution >= 0.6 is 0 Å². The summed E-state index contributed by atoms with van der Waals surface area (Å²) in [6.45, 7) is 1.98. The lowest BCUT2D eigenvalue weighted by Gasteiger charge is -2.09. The number of hydrogen-bond donors (Lipinski definition) is 1. The lowest BCUT2D eigenvalue weighted by Crippen LogP contribution is -2.20. The van der Waals surface area contributed by atoms with Crippen LogP contribution in [0.5, 0.6) is 5.75 Å². The number of rotatable bonds is 5. The maximum absolute atomic E-state index is 12.0. The van der Waals surface area contributed by atoms with Crippen molar-refractivity contribution in [1.82, 2.24) is 0 Å². The van der Waals surface area contributed by atoms with E-state index in [1.54, 1.807) is 0 Å². The second-order valence-corrected chi connectivity index (χ2v) is 5.60. The molecule has 1 amide bonds. The Morgan fingerprint density at radius 3 is 2.29 bits per heavy atom. The maximum atomic E-state index is 12.0. The Morgan fingerprint density at radius 2 is 1.58 bits per heavy atom. The van der Waals surface area contributed by atoms with Gasteiger partial charge in [0.05, 0.1) is 0 Å². The quantitative estimate of drug-likeness (QED) is 0.742. The molecule has 0 atom stereocenters. The van der Waals surface area contributed by atoms with Crippen molar-refractivity contribution in [2.45, 2.75) is 6.92 Å². The molecule has 0 bridgehead atoms. The van der Waals surface area contributed by atoms with Crippen LogP contribution in [0.4, 0.5) is 5.69 Å². The first-order valence-corrected chi connectivity index (χ1v) is 7.85. The molecule has 0 saturated heterocycles. The molecule has 0 aliphatic heterocycles. The van der Waals surface area contributed by atoms with Gasteiger partial charge in [0, 0.05) is 5.69 Å². The van der Waals surface area contributed by atoms with Crippen molar-refractivity contribution in [3.8, 4) is 16.9 Å². The molecule has 3 heteroatoms. The second kappa shape index (κ2) is 7.47. The van der Waals surface area contributed by atoms with Gasteiger partial charge in [0.25, 0.3) is 5.91 Å². The first kappa shape index (κ1) is 15.8. The van der Waals surface area contributed by atoms with Crippen LogP contribution in [0, 0.1) is 6.92 Å². The summed E-state index contributed by atoms with van der Waals surface area (Å²) in [6.07, 6.45) is 0. The fourth-order valence-corrected chi connectivity index (χ4v) is 2.43. The summed E-state index contributed by atoms with van der Waals surface area (Å²) in [5.74, 6) is 0.522. The summed E-state index contributed by atoms with van der Waals surface area (Å²) in [4.78, 5) is 12.0. The Kier molecular flexibility index (Phi) is 4.92. The highest BCUT2D eigenvalue weighted by atomic mass is 16.5. The number of nitrogens with one attached hydrogen (secondary N) is 1. The van der Waals surface area contributed by atoms with E-state index in [0.717, 1.165) is 22.4 Å². The molecule has 3 nitrogen and oxygen atoms in total. The lowest BCUT2D eigenvalue weighted by atomic mass is 10.1. The molecule has 0 spiro atoms. The summed E-state index contributed by atoms with van der Waals surface area (Å²) >= 11 is 0. The van der Waals surface area contributed by atoms with E-state index in [1.165, 1.54) is 0 Å². The van der Waals surface area contributed by atoms with E-state index in [1.807, 2.05) is 73.7 Å². The normalized spacial score (nSPS) is 10.2. The number of hydrogen-bond acceptors (Lipinski definition) is 2. The van der Waals surface area contributed by atoms with Gasteiger partial charge in [0.2, 0.25) is 0 Å². The molecular weight excluding hydrogens is 298 g/mol. The zero-order valence-corrected chi connectivity index (χ0v) is 13.5. The van der Waals surface area contributed by atoms with Crippen molar-refractivity contribution < 1.29 is 9.53 Å². The van der Waals surface area contributed by atoms with Gasteiger partial charge in [-0.1, -0.05) is 54.6 Å². The van der Waals surface area contributed by atoms with E-state index >= 15 is 0 Å². The number of ether oxygens (including phenoxy) is 1. The minimum absolute atomic E-state index is 0.0100. The highest BCUT2D eigenvalue weighted by molar-refractivity contribution is 5.92. The molecule has 24 heavy (non-hydrogen) atoms. The van der Waals surface area contributed by atoms with E-state index in [4.69, 9.17) is 4.74 Å². The first-order chi connectivity index (χ1) is 11.7. The van der Waals surface area contributed by atoms with Crippen molar-refractivity contribution in [2.75, 3.05) is 11.9 Å². The number of aryl methyl sites for hydroxylation is 1. The Balaban J connectivity index is 1.57. The van der Waals surface area contributed by atoms with Gasteiger partial charge in [-0.2, -0.15) is 0 Å². The third kappa shape index (κ3) is 4.23. The molecule has 0 aliphatic rings. The zero-order chi connectivity index (χ0) is 16.8. The monoisotopic (exact) mass is 317 g/mol. The van der Waals surface area contributed by atoms with Gasteiger partial charge >= 0.3 is 0 Å². The second-order valence-electron chi connectivity index (χ2n) is 5.60. The largest absolute Gasteiger partial charge is 0.484 e. The van der Waals surface area contributed by atoms with Gasteiger partial charge in [-0.05, 0) is 47.9 Å². The highest BCUT2D eigenvalue weighted by Gasteiger charge is 2.04. The molecule has 0 aliphatic carbocycles. The maximum Gasteiger partial charge on any atom is 0.262 e. The molecular formula is C21H19NO2. The summed E-state index contributed by atoms with van der Waals surface area (Å²) < 4.78 is 5.50. The Bertz CT molecular complexity index is 811. The van der Waals surface area contributed by atoms with Crippen LogP contribution in [0.3, 0.4) is 0 Å². The number of amides is 1. The van der Waals surface area contributed by atoms with Crippen LogP contribution in [-0.2, 0) is 4.79 Å². The van der Waals surface area contributed by atoms with Crippen molar-refractivity contribution >= 4 is 11.6 Å². The van der Waals surface area contributed by atoms with E-state index < -0.39 is 0 Å². The fourth-order valence-electron chi connectivity index (χ4n) is 2.43. The molecule has 3 rings (SSSR count). The van der Waals surface area contributed by atoms with Gasteiger partial charge < -0.3 is 10.1 Å². The number of carbonyl (C=O) groups is 1. The van der Waals surface area contributed by atoms with Crippen molar-refractivity contribution in [3.05, 3.63) is 84.4 Å². The van der Waals surface area contributed by atoms with Gasteiger partial charge in [-0.15, -0.1) is 0 Å². The van der Waals surface area contributed by atoms with Crippen LogP contribution in [0.1, 0.15) is 5.56 Å². The average Bonchev–Trinajstić information content (AvgIpc) is 2.61. The fraction of sp³-hybridized carbons (Fsp3) is 0.0952. The molecule has 0 fully saturated rings. The van der Waals surface area contributed by atoms with E-state index in [-0.39, 0.29) is 12.5 Å². The third-order valence-electron chi connectivity index (χ3n) is 3.64. The zero-order valence-electron chi connectivity index (χ0n) is 13.5. The Labute approximate surface area is 141 Å². The SMILES string of the molecule is Cc1cccc(OCC(=O)Nc2ccc(-c3ccccc3)cc2)c1. The molecule has 1 N–H and O–H groups in total. The molecule has 0 aromatic heterocycles. The first-order valence-electron chi connectivity index (χ1n) is 7.85. The summed E-state index contributed by atoms with van der Waals surface area (Å²) in [7, 11) is 0. The van der Waals surface area contributed by atoms with Gasteiger partial charge in [-0.25, -0.2) is 0 Å². The van der Waals surface area contributed by atoms with Gasteiger partial charge in [0.15, 0.2) is 6.61 Å². The van der Waals surface area contributed by atoms with E-state index in [0.29, 0.717) is 5.75 Å². The molecule has 0 saturated carbocycles. The van der Waals surface area contributed by atoms with Crippen LogP contribution in [-0.4, -0.2) is 12.5 Å². The lowest BCUT2D eigenvalue weighted by molar-refractivity contribution is -0.118. The Morgan fingerprint density at radius 1 is 0.875 bits per heavy atom. The molecule has 0 radical (unpaired) electrons. The highest BCUT2D eigenvalue weighted by Crippen LogP contribution is 2.21. The number of anilines is 1. The third-order valence-corrected chi connectivity index (χ3v) is 3.64. The molecule has 120 valence electrons. The minimum atomic E-state index is -0.177. The predicted molar refractivity (Wildman–Crippen MR) is 97.2 cm³/mol. The van der Waals surface area contributed by atoms with Crippen LogP contribution in [0.2, 0.25) is 0 Å². The van der Waals surface area contributed by atoms with Crippen molar-refractivity contribution in [2.24, 2.45) is 0 Å². The van der Waals surface area contributed by atoms with E-state index in [9.17, 15) is 4.79 Å². The van der Waals surface area contributed by atoms with Crippen molar-refractivity contribution in [3.63, 3.8) is 0 Å². The minimum Gasteiger partial charge on any atom is -0.484 e. The summed E-state index contributed by atoms with van der Waals surface area (Å²) in [5, 5.41) is 2.84. The van der Waals surface area contributed by atoms with E-state index in [2.05, 4.69) is 17.4 Å². The molecule has 0 unspecified atom stereocenters. The Hall–Kier alpha value is -3.07. The average molecular weight is 317 g/mol. The van der Waals surface area contributed by atoms with Crippen LogP contribution in [0.15, 0.2) is 78.9 Å². The molecule has 3 aromatic carbocycles. The van der Waals surface area contributed by atoms with Gasteiger partial charge in [-0.3, -0.25) is 4.79 Å². The topological polar surface area (TPSA) is 38.3 Å². The smallest absolute Gasteiger partial charge is 0.262 e.